The number of hydrogen-bond donors (Lipinski definition) is 1. The Morgan fingerprint density at radius 1 is 1.56 bits per heavy atom. The Balaban J connectivity index is 2.21. The molecule has 1 aromatic carbocycles. The van der Waals surface area contributed by atoms with Crippen LogP contribution in [-0.4, -0.2) is 27.9 Å². The van der Waals surface area contributed by atoms with Gasteiger partial charge in [-0.15, -0.1) is 0 Å². The standard InChI is InChI=1S/C13H14ClNO3/c1-8-6-10(14)3-2-9(8)7-15-11(13(17)18)4-5-12(15)16/h2-3,6,11H,4-5,7H2,1H3,(H,17,18). The Hall–Kier alpha value is -1.55. The summed E-state index contributed by atoms with van der Waals surface area (Å²) in [5.41, 5.74) is 1.90. The average Bonchev–Trinajstić information content (AvgIpc) is 2.64. The van der Waals surface area contributed by atoms with Gasteiger partial charge in [-0.3, -0.25) is 4.79 Å². The highest BCUT2D eigenvalue weighted by Crippen LogP contribution is 2.24. The fourth-order valence-electron chi connectivity index (χ4n) is 2.21. The van der Waals surface area contributed by atoms with E-state index in [1.807, 2.05) is 19.1 Å². The first-order chi connectivity index (χ1) is 8.49. The Bertz CT molecular complexity index is 501. The molecule has 1 aromatic rings. The maximum Gasteiger partial charge on any atom is 0.326 e. The van der Waals surface area contributed by atoms with Crippen molar-refractivity contribution in [3.8, 4) is 0 Å². The first-order valence-corrected chi connectivity index (χ1v) is 6.14. The molecule has 1 fully saturated rings. The molecule has 4 nitrogen and oxygen atoms in total. The fraction of sp³-hybridized carbons (Fsp3) is 0.385. The normalized spacial score (nSPS) is 19.3. The Morgan fingerprint density at radius 3 is 2.89 bits per heavy atom. The van der Waals surface area contributed by atoms with E-state index < -0.39 is 12.0 Å². The second-order valence-electron chi connectivity index (χ2n) is 4.49. The Kier molecular flexibility index (Phi) is 3.57. The Labute approximate surface area is 110 Å². The molecule has 2 rings (SSSR count). The topological polar surface area (TPSA) is 57.6 Å². The molecule has 0 spiro atoms. The van der Waals surface area contributed by atoms with E-state index in [2.05, 4.69) is 0 Å². The SMILES string of the molecule is Cc1cc(Cl)ccc1CN1C(=O)CCC1C(=O)O. The number of carbonyl (C=O) groups excluding carboxylic acids is 1. The van der Waals surface area contributed by atoms with E-state index in [-0.39, 0.29) is 5.91 Å². The summed E-state index contributed by atoms with van der Waals surface area (Å²) in [5, 5.41) is 9.72. The number of hydrogen-bond acceptors (Lipinski definition) is 2. The van der Waals surface area contributed by atoms with E-state index in [4.69, 9.17) is 16.7 Å². The molecule has 0 aromatic heterocycles. The lowest BCUT2D eigenvalue weighted by Crippen LogP contribution is -2.38. The number of likely N-dealkylation sites (tertiary alicyclic amines) is 1. The second-order valence-corrected chi connectivity index (χ2v) is 4.92. The van der Waals surface area contributed by atoms with Gasteiger partial charge in [0.05, 0.1) is 0 Å². The highest BCUT2D eigenvalue weighted by Gasteiger charge is 2.35. The van der Waals surface area contributed by atoms with Gasteiger partial charge in [0, 0.05) is 18.0 Å². The van der Waals surface area contributed by atoms with Crippen LogP contribution >= 0.6 is 11.6 Å². The summed E-state index contributed by atoms with van der Waals surface area (Å²) in [7, 11) is 0. The molecule has 0 radical (unpaired) electrons. The van der Waals surface area contributed by atoms with Crippen LogP contribution in [0.25, 0.3) is 0 Å². The van der Waals surface area contributed by atoms with Crippen molar-refractivity contribution in [2.45, 2.75) is 32.4 Å². The van der Waals surface area contributed by atoms with Gasteiger partial charge < -0.3 is 10.0 Å². The van der Waals surface area contributed by atoms with Gasteiger partial charge in [-0.1, -0.05) is 17.7 Å². The summed E-state index contributed by atoms with van der Waals surface area (Å²) in [6, 6.07) is 4.70. The van der Waals surface area contributed by atoms with Crippen LogP contribution in [0.1, 0.15) is 24.0 Å². The minimum atomic E-state index is -0.938. The molecule has 1 unspecified atom stereocenters. The predicted octanol–water partition coefficient (Wildman–Crippen LogP) is 2.22. The number of rotatable bonds is 3. The smallest absolute Gasteiger partial charge is 0.326 e. The molecule has 1 aliphatic heterocycles. The van der Waals surface area contributed by atoms with Crippen molar-refractivity contribution in [2.75, 3.05) is 0 Å². The molecule has 1 heterocycles. The zero-order chi connectivity index (χ0) is 13.3. The number of carboxylic acid groups (broad SMARTS) is 1. The van der Waals surface area contributed by atoms with Crippen molar-refractivity contribution < 1.29 is 14.7 Å². The number of halogens is 1. The maximum absolute atomic E-state index is 11.7. The molecule has 1 saturated heterocycles. The molecule has 0 bridgehead atoms. The highest BCUT2D eigenvalue weighted by molar-refractivity contribution is 6.30. The van der Waals surface area contributed by atoms with Crippen LogP contribution in [0.2, 0.25) is 5.02 Å². The predicted molar refractivity (Wildman–Crippen MR) is 67.4 cm³/mol. The largest absolute Gasteiger partial charge is 0.480 e. The van der Waals surface area contributed by atoms with Crippen molar-refractivity contribution >= 4 is 23.5 Å². The van der Waals surface area contributed by atoms with Crippen LogP contribution in [0.5, 0.6) is 0 Å². The van der Waals surface area contributed by atoms with E-state index in [1.54, 1.807) is 6.07 Å². The molecule has 1 atom stereocenters. The lowest BCUT2D eigenvalue weighted by molar-refractivity contribution is -0.146. The summed E-state index contributed by atoms with van der Waals surface area (Å²) in [4.78, 5) is 24.2. The van der Waals surface area contributed by atoms with E-state index in [1.165, 1.54) is 4.90 Å². The quantitative estimate of drug-likeness (QED) is 0.914. The molecule has 96 valence electrons. The number of benzene rings is 1. The van der Waals surface area contributed by atoms with Gasteiger partial charge in [0.25, 0.3) is 0 Å². The summed E-state index contributed by atoms with van der Waals surface area (Å²) in [6.07, 6.45) is 0.699. The molecule has 5 heteroatoms. The van der Waals surface area contributed by atoms with Crippen molar-refractivity contribution in [1.82, 2.24) is 4.90 Å². The number of carboxylic acids is 1. The van der Waals surface area contributed by atoms with Crippen LogP contribution in [0.15, 0.2) is 18.2 Å². The summed E-state index contributed by atoms with van der Waals surface area (Å²) >= 11 is 5.87. The van der Waals surface area contributed by atoms with Gasteiger partial charge in [-0.25, -0.2) is 4.79 Å². The minimum absolute atomic E-state index is 0.100. The van der Waals surface area contributed by atoms with E-state index in [0.29, 0.717) is 24.4 Å². The average molecular weight is 268 g/mol. The van der Waals surface area contributed by atoms with E-state index in [9.17, 15) is 9.59 Å². The van der Waals surface area contributed by atoms with Gasteiger partial charge in [-0.05, 0) is 36.6 Å². The third kappa shape index (κ3) is 2.48. The zero-order valence-electron chi connectivity index (χ0n) is 10.0. The molecule has 1 amide bonds. The van der Waals surface area contributed by atoms with Gasteiger partial charge in [0.1, 0.15) is 6.04 Å². The number of amides is 1. The van der Waals surface area contributed by atoms with Crippen LogP contribution in [0.4, 0.5) is 0 Å². The van der Waals surface area contributed by atoms with E-state index >= 15 is 0 Å². The maximum atomic E-state index is 11.7. The lowest BCUT2D eigenvalue weighted by Gasteiger charge is -2.22. The zero-order valence-corrected chi connectivity index (χ0v) is 10.8. The molecule has 1 aliphatic rings. The van der Waals surface area contributed by atoms with Gasteiger partial charge in [0.2, 0.25) is 5.91 Å². The summed E-state index contributed by atoms with van der Waals surface area (Å²) < 4.78 is 0. The van der Waals surface area contributed by atoms with Crippen LogP contribution in [0, 0.1) is 6.92 Å². The molecular weight excluding hydrogens is 254 g/mol. The number of carbonyl (C=O) groups is 2. The van der Waals surface area contributed by atoms with Gasteiger partial charge >= 0.3 is 5.97 Å². The second kappa shape index (κ2) is 4.98. The minimum Gasteiger partial charge on any atom is -0.480 e. The van der Waals surface area contributed by atoms with Crippen molar-refractivity contribution in [1.29, 1.82) is 0 Å². The first-order valence-electron chi connectivity index (χ1n) is 5.76. The number of aliphatic carboxylic acids is 1. The monoisotopic (exact) mass is 267 g/mol. The van der Waals surface area contributed by atoms with Crippen LogP contribution in [-0.2, 0) is 16.1 Å². The van der Waals surface area contributed by atoms with Crippen molar-refractivity contribution in [2.24, 2.45) is 0 Å². The molecular formula is C13H14ClNO3. The van der Waals surface area contributed by atoms with Crippen molar-refractivity contribution in [3.05, 3.63) is 34.3 Å². The highest BCUT2D eigenvalue weighted by atomic mass is 35.5. The fourth-order valence-corrected chi connectivity index (χ4v) is 2.44. The Morgan fingerprint density at radius 2 is 2.28 bits per heavy atom. The van der Waals surface area contributed by atoms with Crippen LogP contribution < -0.4 is 0 Å². The number of nitrogens with zero attached hydrogens (tertiary/aromatic N) is 1. The van der Waals surface area contributed by atoms with Crippen molar-refractivity contribution in [3.63, 3.8) is 0 Å². The summed E-state index contributed by atoms with van der Waals surface area (Å²) in [6.45, 7) is 2.23. The molecule has 0 aliphatic carbocycles. The lowest BCUT2D eigenvalue weighted by atomic mass is 10.1. The van der Waals surface area contributed by atoms with Gasteiger partial charge in [-0.2, -0.15) is 0 Å². The third-order valence-corrected chi connectivity index (χ3v) is 3.49. The number of aryl methyl sites for hydroxylation is 1. The third-order valence-electron chi connectivity index (χ3n) is 3.26. The summed E-state index contributed by atoms with van der Waals surface area (Å²) in [5.74, 6) is -1.04. The molecule has 18 heavy (non-hydrogen) atoms. The van der Waals surface area contributed by atoms with Crippen LogP contribution in [0.3, 0.4) is 0 Å². The van der Waals surface area contributed by atoms with Gasteiger partial charge in [0.15, 0.2) is 0 Å². The molecule has 0 saturated carbocycles. The van der Waals surface area contributed by atoms with E-state index in [0.717, 1.165) is 11.1 Å². The molecule has 1 N–H and O–H groups in total. The first kappa shape index (κ1) is 12.9.